The van der Waals surface area contributed by atoms with Gasteiger partial charge >= 0.3 is 0 Å². The first kappa shape index (κ1) is 10.7. The molecule has 3 atom stereocenters. The van der Waals surface area contributed by atoms with E-state index in [9.17, 15) is 4.79 Å². The van der Waals surface area contributed by atoms with E-state index in [4.69, 9.17) is 5.84 Å². The third kappa shape index (κ3) is 1.63. The van der Waals surface area contributed by atoms with Crippen LogP contribution >= 0.6 is 0 Å². The fraction of sp³-hybridized carbons (Fsp3) is 0.417. The second-order valence-electron chi connectivity index (χ2n) is 4.65. The predicted molar refractivity (Wildman–Crippen MR) is 63.4 cm³/mol. The molecule has 2 aliphatic rings. The number of carbonyl (C=O) groups is 1. The number of amides is 1. The number of carbonyl (C=O) groups excluding carboxylic acids is 1. The lowest BCUT2D eigenvalue weighted by Crippen LogP contribution is -2.48. The third-order valence-electron chi connectivity index (χ3n) is 3.81. The summed E-state index contributed by atoms with van der Waals surface area (Å²) in [7, 11) is 0. The molecule has 17 heavy (non-hydrogen) atoms. The molecule has 5 heteroatoms. The average Bonchev–Trinajstić information content (AvgIpc) is 2.82. The maximum atomic E-state index is 11.6. The van der Waals surface area contributed by atoms with Gasteiger partial charge < -0.3 is 0 Å². The lowest BCUT2D eigenvalue weighted by Gasteiger charge is -2.29. The van der Waals surface area contributed by atoms with Crippen molar-refractivity contribution in [1.29, 1.82) is 0 Å². The van der Waals surface area contributed by atoms with Crippen molar-refractivity contribution in [3.05, 3.63) is 35.4 Å². The number of aryl methyl sites for hydroxylation is 1. The van der Waals surface area contributed by atoms with E-state index in [1.165, 1.54) is 11.1 Å². The Hall–Kier alpha value is -1.43. The molecular formula is C12H16N4O. The van der Waals surface area contributed by atoms with Crippen molar-refractivity contribution in [1.82, 2.24) is 16.3 Å². The van der Waals surface area contributed by atoms with Gasteiger partial charge in [0, 0.05) is 5.92 Å². The molecule has 3 rings (SSSR count). The average molecular weight is 232 g/mol. The summed E-state index contributed by atoms with van der Waals surface area (Å²) in [6.07, 6.45) is 2.02. The monoisotopic (exact) mass is 232 g/mol. The lowest BCUT2D eigenvalue weighted by molar-refractivity contribution is -0.124. The van der Waals surface area contributed by atoms with Gasteiger partial charge in [0.1, 0.15) is 6.04 Å². The second kappa shape index (κ2) is 4.10. The molecule has 1 aliphatic heterocycles. The number of hydrogen-bond acceptors (Lipinski definition) is 4. The Morgan fingerprint density at radius 1 is 1.35 bits per heavy atom. The molecule has 1 fully saturated rings. The van der Waals surface area contributed by atoms with Crippen LogP contribution in [0.5, 0.6) is 0 Å². The van der Waals surface area contributed by atoms with Gasteiger partial charge in [0.05, 0.1) is 6.04 Å². The van der Waals surface area contributed by atoms with Crippen LogP contribution in [-0.2, 0) is 11.2 Å². The van der Waals surface area contributed by atoms with E-state index in [1.54, 1.807) is 0 Å². The fourth-order valence-corrected chi connectivity index (χ4v) is 2.97. The van der Waals surface area contributed by atoms with Gasteiger partial charge in [0.15, 0.2) is 0 Å². The zero-order valence-electron chi connectivity index (χ0n) is 9.44. The molecule has 0 radical (unpaired) electrons. The lowest BCUT2D eigenvalue weighted by atomic mass is 9.77. The van der Waals surface area contributed by atoms with Crippen LogP contribution in [0.15, 0.2) is 24.3 Å². The van der Waals surface area contributed by atoms with Gasteiger partial charge in [-0.3, -0.25) is 10.2 Å². The van der Waals surface area contributed by atoms with E-state index in [2.05, 4.69) is 34.5 Å². The molecule has 1 saturated heterocycles. The molecule has 1 amide bonds. The van der Waals surface area contributed by atoms with Crippen LogP contribution < -0.4 is 22.1 Å². The van der Waals surface area contributed by atoms with E-state index in [-0.39, 0.29) is 23.9 Å². The highest BCUT2D eigenvalue weighted by atomic mass is 16.2. The van der Waals surface area contributed by atoms with E-state index >= 15 is 0 Å². The topological polar surface area (TPSA) is 79.2 Å². The van der Waals surface area contributed by atoms with Gasteiger partial charge in [-0.05, 0) is 24.0 Å². The van der Waals surface area contributed by atoms with Crippen molar-refractivity contribution in [3.63, 3.8) is 0 Å². The zero-order chi connectivity index (χ0) is 11.8. The molecule has 0 bridgehead atoms. The number of fused-ring (bicyclic) bond motifs is 3. The Morgan fingerprint density at radius 2 is 2.18 bits per heavy atom. The first-order valence-electron chi connectivity index (χ1n) is 5.90. The number of nitrogens with one attached hydrogen (secondary N) is 3. The van der Waals surface area contributed by atoms with Crippen LogP contribution in [0, 0.1) is 5.92 Å². The van der Waals surface area contributed by atoms with Crippen molar-refractivity contribution in [2.75, 3.05) is 0 Å². The van der Waals surface area contributed by atoms with Crippen molar-refractivity contribution in [3.8, 4) is 0 Å². The molecule has 1 aromatic rings. The van der Waals surface area contributed by atoms with Crippen molar-refractivity contribution < 1.29 is 4.79 Å². The first-order chi connectivity index (χ1) is 8.31. The Labute approximate surface area is 99.7 Å². The van der Waals surface area contributed by atoms with Crippen LogP contribution in [0.2, 0.25) is 0 Å². The highest BCUT2D eigenvalue weighted by Crippen LogP contribution is 2.38. The Kier molecular flexibility index (Phi) is 2.58. The summed E-state index contributed by atoms with van der Waals surface area (Å²) < 4.78 is 0. The Bertz CT molecular complexity index is 448. The molecular weight excluding hydrogens is 216 g/mol. The minimum Gasteiger partial charge on any atom is -0.293 e. The number of hydrazine groups is 2. The third-order valence-corrected chi connectivity index (χ3v) is 3.81. The minimum atomic E-state index is -0.238. The maximum absolute atomic E-state index is 11.6. The Balaban J connectivity index is 1.91. The van der Waals surface area contributed by atoms with E-state index in [1.807, 2.05) is 6.07 Å². The summed E-state index contributed by atoms with van der Waals surface area (Å²) in [5, 5.41) is 0. The number of benzene rings is 1. The Morgan fingerprint density at radius 3 is 3.00 bits per heavy atom. The van der Waals surface area contributed by atoms with Gasteiger partial charge in [-0.1, -0.05) is 24.3 Å². The fourth-order valence-electron chi connectivity index (χ4n) is 2.97. The molecule has 5 nitrogen and oxygen atoms in total. The number of hydrogen-bond donors (Lipinski definition) is 4. The second-order valence-corrected chi connectivity index (χ2v) is 4.65. The molecule has 3 unspecified atom stereocenters. The molecule has 5 N–H and O–H groups in total. The molecule has 1 aromatic carbocycles. The molecule has 90 valence electrons. The smallest absolute Gasteiger partial charge is 0.252 e. The van der Waals surface area contributed by atoms with Crippen LogP contribution in [0.3, 0.4) is 0 Å². The van der Waals surface area contributed by atoms with Gasteiger partial charge in [0.25, 0.3) is 5.91 Å². The van der Waals surface area contributed by atoms with Gasteiger partial charge in [-0.25, -0.2) is 16.7 Å². The highest BCUT2D eigenvalue weighted by molar-refractivity contribution is 5.82. The number of nitrogens with two attached hydrogens (primary N) is 1. The molecule has 0 aromatic heterocycles. The van der Waals surface area contributed by atoms with E-state index in [0.29, 0.717) is 0 Å². The van der Waals surface area contributed by atoms with Crippen LogP contribution in [0.25, 0.3) is 0 Å². The standard InChI is InChI=1S/C12H16N4O/c13-14-12(17)11-9-6-5-7-3-1-2-4-8(7)10(9)15-16-11/h1-4,9-11,15-16H,5-6,13H2,(H,14,17). The summed E-state index contributed by atoms with van der Waals surface area (Å²) in [6.45, 7) is 0. The van der Waals surface area contributed by atoms with Crippen molar-refractivity contribution in [2.24, 2.45) is 11.8 Å². The maximum Gasteiger partial charge on any atom is 0.252 e. The molecule has 1 aliphatic carbocycles. The normalized spacial score (nSPS) is 30.5. The van der Waals surface area contributed by atoms with Crippen LogP contribution in [0.4, 0.5) is 0 Å². The quantitative estimate of drug-likeness (QED) is 0.306. The first-order valence-corrected chi connectivity index (χ1v) is 5.90. The highest BCUT2D eigenvalue weighted by Gasteiger charge is 2.42. The van der Waals surface area contributed by atoms with E-state index in [0.717, 1.165) is 12.8 Å². The SMILES string of the molecule is NNC(=O)C1NNC2c3ccccc3CCC12. The summed E-state index contributed by atoms with van der Waals surface area (Å²) in [5.74, 6) is 5.32. The van der Waals surface area contributed by atoms with Crippen molar-refractivity contribution in [2.45, 2.75) is 24.9 Å². The summed E-state index contributed by atoms with van der Waals surface area (Å²) >= 11 is 0. The zero-order valence-corrected chi connectivity index (χ0v) is 9.44. The number of rotatable bonds is 1. The van der Waals surface area contributed by atoms with Gasteiger partial charge in [-0.2, -0.15) is 0 Å². The molecule has 0 saturated carbocycles. The molecule has 1 heterocycles. The van der Waals surface area contributed by atoms with Crippen LogP contribution in [-0.4, -0.2) is 11.9 Å². The summed E-state index contributed by atoms with van der Waals surface area (Å²) in [5.41, 5.74) is 11.2. The molecule has 0 spiro atoms. The largest absolute Gasteiger partial charge is 0.293 e. The van der Waals surface area contributed by atoms with E-state index < -0.39 is 0 Å². The summed E-state index contributed by atoms with van der Waals surface area (Å²) in [4.78, 5) is 11.6. The van der Waals surface area contributed by atoms with Crippen molar-refractivity contribution >= 4 is 5.91 Å². The van der Waals surface area contributed by atoms with Crippen LogP contribution in [0.1, 0.15) is 23.6 Å². The van der Waals surface area contributed by atoms with Gasteiger partial charge in [-0.15, -0.1) is 0 Å². The minimum absolute atomic E-state index is 0.149. The summed E-state index contributed by atoms with van der Waals surface area (Å²) in [6, 6.07) is 8.36. The van der Waals surface area contributed by atoms with Gasteiger partial charge in [0.2, 0.25) is 0 Å². The predicted octanol–water partition coefficient (Wildman–Crippen LogP) is -0.244.